The normalized spacial score (nSPS) is 26.1. The van der Waals surface area contributed by atoms with Gasteiger partial charge in [0.2, 0.25) is 17.7 Å². The van der Waals surface area contributed by atoms with Crippen molar-refractivity contribution in [2.45, 2.75) is 170 Å². The topological polar surface area (TPSA) is 255 Å². The lowest BCUT2D eigenvalue weighted by Crippen LogP contribution is -2.54. The van der Waals surface area contributed by atoms with Crippen molar-refractivity contribution in [1.29, 1.82) is 5.26 Å². The molecule has 1 unspecified atom stereocenters. The molecule has 1 heterocycles. The Morgan fingerprint density at radius 3 is 2.29 bits per heavy atom. The number of unbranched alkanes of at least 4 members (excludes halogenated alkanes) is 1. The van der Waals surface area contributed by atoms with E-state index in [-0.39, 0.29) is 117 Å². The number of Topliss-reactive ketones (excluding diaryl/α,β-unsaturated/α-hetero) is 2. The molecule has 1 aromatic heterocycles. The van der Waals surface area contributed by atoms with E-state index in [0.717, 1.165) is 37.5 Å². The predicted octanol–water partition coefficient (Wildman–Crippen LogP) is 9.36. The van der Waals surface area contributed by atoms with Crippen LogP contribution in [0.4, 0.5) is 4.79 Å². The third-order valence-electron chi connectivity index (χ3n) is 20.0. The first kappa shape index (κ1) is 64.0. The Hall–Kier alpha value is -5.55. The summed E-state index contributed by atoms with van der Waals surface area (Å²) >= 11 is 1.17. The summed E-state index contributed by atoms with van der Waals surface area (Å²) in [5.74, 6) is 1.77. The lowest BCUT2D eigenvalue weighted by atomic mass is 9.44. The second kappa shape index (κ2) is 27.9. The van der Waals surface area contributed by atoms with Crippen molar-refractivity contribution in [3.8, 4) is 11.8 Å². The largest absolute Gasteiger partial charge is 0.480 e. The zero-order chi connectivity index (χ0) is 59.7. The number of aromatic nitrogens is 1. The number of fused-ring (bicyclic) bond motifs is 6. The molecule has 4 N–H and O–H groups in total. The number of benzene rings is 1. The summed E-state index contributed by atoms with van der Waals surface area (Å²) in [6.07, 6.45) is 12.1. The number of carbonyl (C=O) groups excluding carboxylic acids is 6. The number of nitriles is 1. The van der Waals surface area contributed by atoms with Crippen LogP contribution in [0.2, 0.25) is 0 Å². The smallest absolute Gasteiger partial charge is 0.415 e. The van der Waals surface area contributed by atoms with Gasteiger partial charge in [0.15, 0.2) is 16.6 Å². The number of thiazole rings is 1. The third-order valence-corrected chi connectivity index (χ3v) is 20.9. The van der Waals surface area contributed by atoms with Gasteiger partial charge in [-0.3, -0.25) is 24.0 Å². The van der Waals surface area contributed by atoms with Crippen LogP contribution in [-0.4, -0.2) is 138 Å². The van der Waals surface area contributed by atoms with Gasteiger partial charge in [-0.2, -0.15) is 5.26 Å². The second-order valence-electron chi connectivity index (χ2n) is 25.5. The molecule has 4 fully saturated rings. The van der Waals surface area contributed by atoms with E-state index in [1.54, 1.807) is 59.9 Å². The van der Waals surface area contributed by atoms with Gasteiger partial charge < -0.3 is 44.9 Å². The van der Waals surface area contributed by atoms with Crippen molar-refractivity contribution in [2.75, 3.05) is 59.7 Å². The molecule has 0 spiro atoms. The van der Waals surface area contributed by atoms with Crippen molar-refractivity contribution in [3.63, 3.8) is 0 Å². The molecule has 0 bridgehead atoms. The number of carboxylic acid groups (broad SMARTS) is 1. The number of hydrogen-bond acceptors (Lipinski definition) is 14. The molecule has 4 saturated carbocycles. The number of rotatable bonds is 27. The number of carbonyl (C=O) groups is 7. The maximum atomic E-state index is 13.6. The first-order chi connectivity index (χ1) is 38.9. The van der Waals surface area contributed by atoms with E-state index < -0.39 is 23.5 Å². The van der Waals surface area contributed by atoms with Gasteiger partial charge >= 0.3 is 12.1 Å². The minimum absolute atomic E-state index is 0.0517. The number of nitrogens with one attached hydrogen (secondary N) is 2. The van der Waals surface area contributed by atoms with Gasteiger partial charge in [0.05, 0.1) is 42.7 Å². The van der Waals surface area contributed by atoms with Gasteiger partial charge in [-0.05, 0) is 163 Å². The van der Waals surface area contributed by atoms with Gasteiger partial charge in [-0.1, -0.05) is 34.6 Å². The Morgan fingerprint density at radius 1 is 0.854 bits per heavy atom. The zero-order valence-corrected chi connectivity index (χ0v) is 50.8. The predicted molar refractivity (Wildman–Crippen MR) is 311 cm³/mol. The van der Waals surface area contributed by atoms with Crippen molar-refractivity contribution in [1.82, 2.24) is 25.4 Å². The summed E-state index contributed by atoms with van der Waals surface area (Å²) in [4.78, 5) is 98.6. The fraction of sp³-hybridized carbons (Fsp3) is 0.698. The monoisotopic (exact) mass is 1150 g/mol. The minimum atomic E-state index is -1.07. The summed E-state index contributed by atoms with van der Waals surface area (Å²) in [7, 11) is 1.61. The SMILES string of the molecule is CC1=C(C)C(=O)C(C(C)(C)CC(=O)N(C)CCN(CCOCCOCCC(=O)NCCCCC(NC(=O)CC[C@@H](C)[C@H]2CC[C@H]3[C@@H]4CC[C@@H]5C[C@H](O)CC[C@]5(C)[C@H]4CC[C@]23C)C(=O)O)C(=O)Oc2ccc3nc(C#N)sc3c2)=C(C)C1=O. The number of amides is 4. The molecule has 450 valence electrons. The summed E-state index contributed by atoms with van der Waals surface area (Å²) in [5.41, 5.74) is 1.70. The highest BCUT2D eigenvalue weighted by Gasteiger charge is 2.60. The highest BCUT2D eigenvalue weighted by atomic mass is 32.1. The van der Waals surface area contributed by atoms with E-state index in [4.69, 9.17) is 14.2 Å². The van der Waals surface area contributed by atoms with Crippen LogP contribution in [0, 0.1) is 63.1 Å². The molecule has 19 heteroatoms. The van der Waals surface area contributed by atoms with Crippen molar-refractivity contribution in [2.24, 2.45) is 51.8 Å². The molecule has 7 rings (SSSR count). The number of aliphatic carboxylic acids is 1. The number of ether oxygens (including phenoxy) is 3. The van der Waals surface area contributed by atoms with E-state index in [1.165, 1.54) is 59.7 Å². The average molecular weight is 1160 g/mol. The lowest BCUT2D eigenvalue weighted by molar-refractivity contribution is -0.142. The molecular weight excluding hydrogens is 1060 g/mol. The number of hydrogen-bond donors (Lipinski definition) is 4. The van der Waals surface area contributed by atoms with Crippen LogP contribution in [0.25, 0.3) is 10.2 Å². The van der Waals surface area contributed by atoms with Crippen LogP contribution in [0.15, 0.2) is 40.5 Å². The zero-order valence-electron chi connectivity index (χ0n) is 50.0. The number of carboxylic acids is 1. The number of ketones is 2. The Morgan fingerprint density at radius 2 is 1.56 bits per heavy atom. The van der Waals surface area contributed by atoms with Crippen molar-refractivity contribution < 1.29 is 58.0 Å². The van der Waals surface area contributed by atoms with Crippen LogP contribution in [0.5, 0.6) is 5.75 Å². The average Bonchev–Trinajstić information content (AvgIpc) is 1.80. The fourth-order valence-corrected chi connectivity index (χ4v) is 15.9. The summed E-state index contributed by atoms with van der Waals surface area (Å²) in [5, 5.41) is 35.6. The van der Waals surface area contributed by atoms with Crippen LogP contribution in [0.1, 0.15) is 163 Å². The van der Waals surface area contributed by atoms with Gasteiger partial charge in [0.25, 0.3) is 0 Å². The van der Waals surface area contributed by atoms with E-state index in [2.05, 4.69) is 36.4 Å². The molecule has 0 saturated heterocycles. The van der Waals surface area contributed by atoms with E-state index >= 15 is 0 Å². The summed E-state index contributed by atoms with van der Waals surface area (Å²) < 4.78 is 17.8. The molecule has 2 aromatic rings. The van der Waals surface area contributed by atoms with E-state index in [9.17, 15) is 49.0 Å². The molecule has 5 aliphatic rings. The van der Waals surface area contributed by atoms with E-state index in [0.29, 0.717) is 87.4 Å². The number of likely N-dealkylation sites (N-methyl/N-ethyl adjacent to an activating group) is 1. The van der Waals surface area contributed by atoms with E-state index in [1.807, 2.05) is 6.07 Å². The Labute approximate surface area is 488 Å². The van der Waals surface area contributed by atoms with Crippen LogP contribution < -0.4 is 15.4 Å². The highest BCUT2D eigenvalue weighted by Crippen LogP contribution is 2.68. The van der Waals surface area contributed by atoms with Crippen LogP contribution >= 0.6 is 11.3 Å². The molecule has 18 nitrogen and oxygen atoms in total. The fourth-order valence-electron chi connectivity index (χ4n) is 15.1. The third kappa shape index (κ3) is 15.0. The van der Waals surface area contributed by atoms with Crippen molar-refractivity contribution >= 4 is 62.9 Å². The molecular formula is C63H90N6O12S. The van der Waals surface area contributed by atoms with Crippen LogP contribution in [-0.2, 0) is 38.2 Å². The quantitative estimate of drug-likeness (QED) is 0.0480. The Bertz CT molecular complexity index is 2800. The molecule has 1 aromatic carbocycles. The van der Waals surface area contributed by atoms with Crippen molar-refractivity contribution in [3.05, 3.63) is 45.5 Å². The Kier molecular flexibility index (Phi) is 21.8. The molecule has 5 aliphatic carbocycles. The standard InChI is InChI=1S/C63H90N6O12S/c1-38(46-17-18-47-45-16-14-42-34-43(70)21-24-62(42,7)48(45)22-25-63(46,47)8)13-20-53(72)66-50(59(76)77)12-10-11-26-65-52(71)23-30-79-32-33-80-31-29-69(60(78)81-44-15-19-49-51(35-44)82-54(37-64)67-49)28-27-68(9)55(73)36-61(5,6)56-41(4)57(74)39(2)40(3)58(56)75/h15,19,35,38,42-43,45-48,50,70H,10-14,16-18,20-34,36H2,1-9H3,(H,65,71)(H,66,72)(H,76,77)/t38-,42-,43-,45+,46-,47+,48+,50?,62+,63-/m1/s1. The first-order valence-corrected chi connectivity index (χ1v) is 30.8. The van der Waals surface area contributed by atoms with Gasteiger partial charge in [-0.25, -0.2) is 14.6 Å². The molecule has 4 amide bonds. The maximum Gasteiger partial charge on any atom is 0.415 e. The lowest BCUT2D eigenvalue weighted by Gasteiger charge is -2.61. The number of aliphatic hydroxyl groups excluding tert-OH is 1. The van der Waals surface area contributed by atoms with Gasteiger partial charge in [0, 0.05) is 86.3 Å². The summed E-state index contributed by atoms with van der Waals surface area (Å²) in [6, 6.07) is 5.90. The highest BCUT2D eigenvalue weighted by molar-refractivity contribution is 7.19. The molecule has 82 heavy (non-hydrogen) atoms. The Balaban J connectivity index is 0.773. The summed E-state index contributed by atoms with van der Waals surface area (Å²) in [6.45, 7) is 17.0. The molecule has 0 radical (unpaired) electrons. The van der Waals surface area contributed by atoms with Gasteiger partial charge in [-0.15, -0.1) is 11.3 Å². The maximum absolute atomic E-state index is 13.6. The minimum Gasteiger partial charge on any atom is -0.480 e. The number of aliphatic hydroxyl groups is 1. The van der Waals surface area contributed by atoms with Gasteiger partial charge in [0.1, 0.15) is 17.9 Å². The second-order valence-corrected chi connectivity index (χ2v) is 26.5. The molecule has 10 atom stereocenters. The number of nitrogens with zero attached hydrogens (tertiary/aromatic N) is 4. The number of allylic oxidation sites excluding steroid dienone is 4. The van der Waals surface area contributed by atoms with Crippen LogP contribution in [0.3, 0.4) is 0 Å². The molecule has 0 aliphatic heterocycles. The first-order valence-electron chi connectivity index (χ1n) is 30.0.